The number of hydrogen-bond donors (Lipinski definition) is 0. The van der Waals surface area contributed by atoms with Gasteiger partial charge in [-0.15, -0.1) is 0 Å². The molecule has 2 nitrogen and oxygen atoms in total. The van der Waals surface area contributed by atoms with E-state index in [4.69, 9.17) is 0 Å². The van der Waals surface area contributed by atoms with Gasteiger partial charge in [0.1, 0.15) is 0 Å². The van der Waals surface area contributed by atoms with Gasteiger partial charge in [-0.2, -0.15) is 0 Å². The van der Waals surface area contributed by atoms with Crippen LogP contribution in [0, 0.1) is 55.4 Å². The molecule has 76 heavy (non-hydrogen) atoms. The Bertz CT molecular complexity index is 4000. The van der Waals surface area contributed by atoms with Crippen molar-refractivity contribution in [3.05, 3.63) is 273 Å². The standard InChI is InChI=1S/2C20H17N.2C17H18/c1-14-8-10-19-17(12-14)18-13-15(2)9-11-20(18)21(19)16-6-4-3-5-7-16;1-14-8-10-17-18-11-9-15(2)13-20(18)21(19(17)12-14)16-6-4-3-5-7-16;1-11-5-7-13-14-8-6-12(2)10-16(14)17(3,4)15(13)9-11;1-11-9-10-12(2)16-15(11)13-7-5-6-8-14(13)17(16,3)4/h2*3-13H,1-2H3;2*5-10H,1-4H3. The Morgan fingerprint density at radius 1 is 0.276 bits per heavy atom. The van der Waals surface area contributed by atoms with Crippen LogP contribution in [0.25, 0.3) is 77.2 Å². The van der Waals surface area contributed by atoms with Gasteiger partial charge in [0, 0.05) is 43.7 Å². The first-order valence-electron chi connectivity index (χ1n) is 27.1. The zero-order valence-electron chi connectivity index (χ0n) is 46.5. The van der Waals surface area contributed by atoms with E-state index in [0.29, 0.717) is 0 Å². The second-order valence-corrected chi connectivity index (χ2v) is 22.8. The van der Waals surface area contributed by atoms with E-state index in [1.54, 1.807) is 0 Å². The molecule has 0 radical (unpaired) electrons. The minimum absolute atomic E-state index is 0.141. The number of aryl methyl sites for hydroxylation is 8. The van der Waals surface area contributed by atoms with Gasteiger partial charge in [-0.25, -0.2) is 0 Å². The van der Waals surface area contributed by atoms with Gasteiger partial charge >= 0.3 is 0 Å². The molecule has 2 aromatic heterocycles. The van der Waals surface area contributed by atoms with Gasteiger partial charge in [-0.05, 0) is 183 Å². The van der Waals surface area contributed by atoms with Crippen LogP contribution in [0.1, 0.15) is 94.5 Å². The van der Waals surface area contributed by atoms with E-state index >= 15 is 0 Å². The van der Waals surface area contributed by atoms with Crippen LogP contribution in [0.5, 0.6) is 0 Å². The maximum absolute atomic E-state index is 2.37. The highest BCUT2D eigenvalue weighted by Crippen LogP contribution is 2.51. The predicted octanol–water partition coefficient (Wildman–Crippen LogP) is 20.0. The van der Waals surface area contributed by atoms with Crippen molar-refractivity contribution in [3.63, 3.8) is 0 Å². The zero-order valence-corrected chi connectivity index (χ0v) is 46.5. The number of rotatable bonds is 2. The van der Waals surface area contributed by atoms with Crippen molar-refractivity contribution < 1.29 is 0 Å². The summed E-state index contributed by atoms with van der Waals surface area (Å²) in [6, 6.07) is 75.0. The highest BCUT2D eigenvalue weighted by atomic mass is 15.0. The molecule has 2 aliphatic rings. The first-order valence-corrected chi connectivity index (χ1v) is 27.1. The van der Waals surface area contributed by atoms with Crippen LogP contribution in [0.3, 0.4) is 0 Å². The minimum Gasteiger partial charge on any atom is -0.309 e. The molecule has 376 valence electrons. The Morgan fingerprint density at radius 2 is 0.671 bits per heavy atom. The first kappa shape index (κ1) is 50.0. The molecule has 0 amide bonds. The summed E-state index contributed by atoms with van der Waals surface area (Å²) < 4.78 is 4.72. The molecule has 0 saturated carbocycles. The van der Waals surface area contributed by atoms with Crippen LogP contribution in [0.4, 0.5) is 0 Å². The summed E-state index contributed by atoms with van der Waals surface area (Å²) in [7, 11) is 0. The van der Waals surface area contributed by atoms with Crippen LogP contribution in [0.15, 0.2) is 206 Å². The largest absolute Gasteiger partial charge is 0.309 e. The van der Waals surface area contributed by atoms with Gasteiger partial charge < -0.3 is 9.13 Å². The van der Waals surface area contributed by atoms with Crippen molar-refractivity contribution in [2.45, 2.75) is 93.9 Å². The summed E-state index contributed by atoms with van der Waals surface area (Å²) in [5.74, 6) is 0. The van der Waals surface area contributed by atoms with Crippen LogP contribution < -0.4 is 0 Å². The fourth-order valence-electron chi connectivity index (χ4n) is 12.5. The monoisotopic (exact) mass is 987 g/mol. The average molecular weight is 987 g/mol. The van der Waals surface area contributed by atoms with Crippen LogP contribution in [-0.2, 0) is 10.8 Å². The van der Waals surface area contributed by atoms with E-state index in [2.05, 4.69) is 298 Å². The van der Waals surface area contributed by atoms with Crippen molar-refractivity contribution >= 4 is 43.6 Å². The molecule has 0 N–H and O–H groups in total. The SMILES string of the molecule is Cc1ccc(C)c2c1-c1ccccc1C2(C)C.Cc1ccc2c(c1)C(C)(C)c1cc(C)ccc1-2.Cc1ccc2c(c1)c1cc(C)ccc1n2-c1ccccc1.Cc1ccc2c3ccc(C)cc3n(-c3ccccc3)c2c1. The van der Waals surface area contributed by atoms with E-state index in [0.717, 1.165) is 0 Å². The Kier molecular flexibility index (Phi) is 12.8. The molecule has 0 saturated heterocycles. The number of para-hydroxylation sites is 2. The number of fused-ring (bicyclic) bond motifs is 12. The molecule has 2 heteroatoms. The molecule has 2 heterocycles. The van der Waals surface area contributed by atoms with E-state index in [1.165, 1.54) is 144 Å². The Morgan fingerprint density at radius 3 is 1.17 bits per heavy atom. The Hall–Kier alpha value is -8.20. The van der Waals surface area contributed by atoms with Crippen LogP contribution >= 0.6 is 0 Å². The van der Waals surface area contributed by atoms with E-state index in [1.807, 2.05) is 0 Å². The highest BCUT2D eigenvalue weighted by Gasteiger charge is 2.37. The molecule has 0 fully saturated rings. The quantitative estimate of drug-likeness (QED) is 0.163. The van der Waals surface area contributed by atoms with Crippen LogP contribution in [-0.4, -0.2) is 9.13 Å². The number of aromatic nitrogens is 2. The maximum atomic E-state index is 2.37. The minimum atomic E-state index is 0.141. The lowest BCUT2D eigenvalue weighted by Gasteiger charge is -2.23. The van der Waals surface area contributed by atoms with E-state index in [-0.39, 0.29) is 10.8 Å². The summed E-state index contributed by atoms with van der Waals surface area (Å²) in [6.07, 6.45) is 0. The zero-order chi connectivity index (χ0) is 53.2. The van der Waals surface area contributed by atoms with Crippen LogP contribution in [0.2, 0.25) is 0 Å². The second-order valence-electron chi connectivity index (χ2n) is 22.8. The third-order valence-corrected chi connectivity index (χ3v) is 16.3. The lowest BCUT2D eigenvalue weighted by molar-refractivity contribution is 0.655. The smallest absolute Gasteiger partial charge is 0.0543 e. The average Bonchev–Trinajstić information content (AvgIpc) is 4.08. The van der Waals surface area contributed by atoms with E-state index in [9.17, 15) is 0 Å². The summed E-state index contributed by atoms with van der Waals surface area (Å²) in [5, 5.41) is 5.30. The molecule has 0 aliphatic heterocycles. The van der Waals surface area contributed by atoms with Gasteiger partial charge in [0.2, 0.25) is 0 Å². The van der Waals surface area contributed by atoms with E-state index < -0.39 is 0 Å². The number of nitrogens with zero attached hydrogens (tertiary/aromatic N) is 2. The summed E-state index contributed by atoms with van der Waals surface area (Å²) in [5.41, 5.74) is 30.1. The molecular weight excluding hydrogens is 917 g/mol. The van der Waals surface area contributed by atoms with Gasteiger partial charge in [0.15, 0.2) is 0 Å². The number of benzene rings is 10. The van der Waals surface area contributed by atoms with Crippen molar-refractivity contribution in [3.8, 4) is 33.6 Å². The fourth-order valence-corrected chi connectivity index (χ4v) is 12.5. The first-order chi connectivity index (χ1) is 36.5. The third kappa shape index (κ3) is 8.74. The summed E-state index contributed by atoms with van der Waals surface area (Å²) >= 11 is 0. The molecule has 2 aliphatic carbocycles. The predicted molar refractivity (Wildman–Crippen MR) is 327 cm³/mol. The summed E-state index contributed by atoms with van der Waals surface area (Å²) in [6.45, 7) is 26.7. The molecule has 0 atom stereocenters. The third-order valence-electron chi connectivity index (χ3n) is 16.3. The van der Waals surface area contributed by atoms with Gasteiger partial charge in [0.25, 0.3) is 0 Å². The maximum Gasteiger partial charge on any atom is 0.0543 e. The highest BCUT2D eigenvalue weighted by molar-refractivity contribution is 6.10. The Labute approximate surface area is 451 Å². The van der Waals surface area contributed by atoms with Gasteiger partial charge in [-0.1, -0.05) is 196 Å². The fraction of sp³-hybridized carbons (Fsp3) is 0.189. The normalized spacial score (nSPS) is 13.2. The molecule has 0 unspecified atom stereocenters. The van der Waals surface area contributed by atoms with Crippen molar-refractivity contribution in [2.75, 3.05) is 0 Å². The molecule has 12 aromatic rings. The lowest BCUT2D eigenvalue weighted by atomic mass is 9.80. The van der Waals surface area contributed by atoms with Gasteiger partial charge in [-0.3, -0.25) is 0 Å². The lowest BCUT2D eigenvalue weighted by Crippen LogP contribution is -2.16. The molecule has 10 aromatic carbocycles. The molecule has 0 spiro atoms. The number of hydrogen-bond acceptors (Lipinski definition) is 0. The Balaban J connectivity index is 0.000000109. The van der Waals surface area contributed by atoms with Crippen molar-refractivity contribution in [2.24, 2.45) is 0 Å². The topological polar surface area (TPSA) is 9.86 Å². The van der Waals surface area contributed by atoms with Crippen molar-refractivity contribution in [1.29, 1.82) is 0 Å². The molecule has 0 bridgehead atoms. The van der Waals surface area contributed by atoms with Gasteiger partial charge in [0.05, 0.1) is 22.1 Å². The molecular formula is C74H70N2. The second kappa shape index (κ2) is 19.5. The van der Waals surface area contributed by atoms with Crippen molar-refractivity contribution in [1.82, 2.24) is 9.13 Å². The molecule has 14 rings (SSSR count). The summed E-state index contributed by atoms with van der Waals surface area (Å²) in [4.78, 5) is 0.